The van der Waals surface area contributed by atoms with Crippen LogP contribution in [0.3, 0.4) is 0 Å². The molecule has 4 rings (SSSR count). The molecule has 0 saturated carbocycles. The summed E-state index contributed by atoms with van der Waals surface area (Å²) in [6.07, 6.45) is 0. The van der Waals surface area contributed by atoms with Crippen molar-refractivity contribution < 1.29 is 14.3 Å². The summed E-state index contributed by atoms with van der Waals surface area (Å²) in [5.41, 5.74) is 2.55. The number of benzene rings is 3. The lowest BCUT2D eigenvalue weighted by molar-refractivity contribution is -0.121. The minimum Gasteiger partial charge on any atom is -0.482 e. The summed E-state index contributed by atoms with van der Waals surface area (Å²) in [5, 5.41) is 3.64. The van der Waals surface area contributed by atoms with Gasteiger partial charge in [-0.05, 0) is 48.0 Å². The predicted molar refractivity (Wildman–Crippen MR) is 114 cm³/mol. The van der Waals surface area contributed by atoms with E-state index >= 15 is 0 Å². The number of hydrogen-bond donors (Lipinski definition) is 1. The standard InChI is InChI=1S/C22H16Cl2N2O3/c23-16-9-10-17(24)18(11-16)25-22(28)15-7-5-14(6-8-15)12-26-19-3-1-2-4-20(19)29-13-21(26)27/h1-11H,12-13H2,(H,25,28). The molecule has 3 aromatic rings. The Balaban J connectivity index is 1.49. The van der Waals surface area contributed by atoms with Crippen LogP contribution >= 0.6 is 23.2 Å². The highest BCUT2D eigenvalue weighted by Crippen LogP contribution is 2.32. The second-order valence-corrected chi connectivity index (χ2v) is 7.36. The van der Waals surface area contributed by atoms with E-state index in [9.17, 15) is 9.59 Å². The van der Waals surface area contributed by atoms with Crippen molar-refractivity contribution in [3.8, 4) is 5.75 Å². The van der Waals surface area contributed by atoms with Crippen molar-refractivity contribution in [3.63, 3.8) is 0 Å². The van der Waals surface area contributed by atoms with Crippen molar-refractivity contribution in [3.05, 3.63) is 87.9 Å². The third kappa shape index (κ3) is 4.21. The van der Waals surface area contributed by atoms with Gasteiger partial charge in [0.2, 0.25) is 0 Å². The van der Waals surface area contributed by atoms with Gasteiger partial charge in [0.15, 0.2) is 6.61 Å². The molecule has 0 bridgehead atoms. The van der Waals surface area contributed by atoms with Gasteiger partial charge in [-0.3, -0.25) is 9.59 Å². The molecule has 1 heterocycles. The van der Waals surface area contributed by atoms with Crippen LogP contribution in [-0.2, 0) is 11.3 Å². The van der Waals surface area contributed by atoms with Gasteiger partial charge in [-0.15, -0.1) is 0 Å². The van der Waals surface area contributed by atoms with Gasteiger partial charge < -0.3 is 15.0 Å². The lowest BCUT2D eigenvalue weighted by Gasteiger charge is -2.29. The molecular weight excluding hydrogens is 411 g/mol. The number of nitrogens with zero attached hydrogens (tertiary/aromatic N) is 1. The van der Waals surface area contributed by atoms with E-state index in [0.29, 0.717) is 33.6 Å². The molecule has 0 atom stereocenters. The maximum absolute atomic E-state index is 12.5. The SMILES string of the molecule is O=C(Nc1cc(Cl)ccc1Cl)c1ccc(CN2C(=O)COc3ccccc32)cc1. The molecule has 1 aliphatic heterocycles. The predicted octanol–water partition coefficient (Wildman–Crippen LogP) is 5.17. The first-order valence-corrected chi connectivity index (χ1v) is 9.64. The molecule has 2 amide bonds. The van der Waals surface area contributed by atoms with Crippen molar-refractivity contribution in [1.82, 2.24) is 0 Å². The van der Waals surface area contributed by atoms with E-state index in [2.05, 4.69) is 5.32 Å². The topological polar surface area (TPSA) is 58.6 Å². The smallest absolute Gasteiger partial charge is 0.265 e. The van der Waals surface area contributed by atoms with Gasteiger partial charge in [-0.25, -0.2) is 0 Å². The highest BCUT2D eigenvalue weighted by atomic mass is 35.5. The Morgan fingerprint density at radius 1 is 1.03 bits per heavy atom. The fraction of sp³-hybridized carbons (Fsp3) is 0.0909. The van der Waals surface area contributed by atoms with Gasteiger partial charge in [0, 0.05) is 10.6 Å². The molecule has 29 heavy (non-hydrogen) atoms. The number of hydrogen-bond acceptors (Lipinski definition) is 3. The third-order valence-corrected chi connectivity index (χ3v) is 5.11. The van der Waals surface area contributed by atoms with Crippen LogP contribution in [-0.4, -0.2) is 18.4 Å². The van der Waals surface area contributed by atoms with Crippen LogP contribution in [0.15, 0.2) is 66.7 Å². The zero-order valence-corrected chi connectivity index (χ0v) is 16.7. The van der Waals surface area contributed by atoms with Crippen molar-refractivity contribution >= 4 is 46.4 Å². The second kappa shape index (κ2) is 8.15. The summed E-state index contributed by atoms with van der Waals surface area (Å²) in [4.78, 5) is 26.5. The third-order valence-electron chi connectivity index (χ3n) is 4.54. The molecule has 0 saturated heterocycles. The molecule has 146 valence electrons. The van der Waals surface area contributed by atoms with E-state index in [0.717, 1.165) is 11.3 Å². The summed E-state index contributed by atoms with van der Waals surface area (Å²) in [7, 11) is 0. The average Bonchev–Trinajstić information content (AvgIpc) is 2.73. The Bertz CT molecular complexity index is 1080. The Kier molecular flexibility index (Phi) is 5.43. The maximum Gasteiger partial charge on any atom is 0.265 e. The Morgan fingerprint density at radius 3 is 2.59 bits per heavy atom. The normalized spacial score (nSPS) is 12.9. The maximum atomic E-state index is 12.5. The fourth-order valence-electron chi connectivity index (χ4n) is 3.06. The highest BCUT2D eigenvalue weighted by Gasteiger charge is 2.25. The van der Waals surface area contributed by atoms with Crippen LogP contribution in [0, 0.1) is 0 Å². The monoisotopic (exact) mass is 426 g/mol. The van der Waals surface area contributed by atoms with Crippen LogP contribution in [0.1, 0.15) is 15.9 Å². The van der Waals surface area contributed by atoms with E-state index in [1.807, 2.05) is 36.4 Å². The van der Waals surface area contributed by atoms with Gasteiger partial charge in [0.25, 0.3) is 11.8 Å². The first-order chi connectivity index (χ1) is 14.0. The fourth-order valence-corrected chi connectivity index (χ4v) is 3.40. The summed E-state index contributed by atoms with van der Waals surface area (Å²) < 4.78 is 5.46. The number of fused-ring (bicyclic) bond motifs is 1. The minimum absolute atomic E-state index is 0.0118. The van der Waals surface area contributed by atoms with Crippen LogP contribution < -0.4 is 15.0 Å². The van der Waals surface area contributed by atoms with E-state index in [4.69, 9.17) is 27.9 Å². The molecule has 7 heteroatoms. The summed E-state index contributed by atoms with van der Waals surface area (Å²) in [6.45, 7) is 0.402. The quantitative estimate of drug-likeness (QED) is 0.625. The van der Waals surface area contributed by atoms with Crippen LogP contribution in [0.4, 0.5) is 11.4 Å². The van der Waals surface area contributed by atoms with Gasteiger partial charge in [0.05, 0.1) is 22.9 Å². The molecule has 0 aliphatic carbocycles. The average molecular weight is 427 g/mol. The van der Waals surface area contributed by atoms with Gasteiger partial charge in [-0.2, -0.15) is 0 Å². The summed E-state index contributed by atoms with van der Waals surface area (Å²) >= 11 is 12.1. The van der Waals surface area contributed by atoms with Crippen LogP contribution in [0.25, 0.3) is 0 Å². The molecular formula is C22H16Cl2N2O3. The molecule has 0 radical (unpaired) electrons. The molecule has 0 spiro atoms. The Hall–Kier alpha value is -3.02. The second-order valence-electron chi connectivity index (χ2n) is 6.51. The first-order valence-electron chi connectivity index (χ1n) is 8.89. The number of anilines is 2. The van der Waals surface area contributed by atoms with Gasteiger partial charge in [0.1, 0.15) is 5.75 Å². The van der Waals surface area contributed by atoms with Crippen molar-refractivity contribution in [2.45, 2.75) is 6.54 Å². The summed E-state index contributed by atoms with van der Waals surface area (Å²) in [5.74, 6) is 0.274. The summed E-state index contributed by atoms with van der Waals surface area (Å²) in [6, 6.07) is 19.3. The number of para-hydroxylation sites is 2. The first kappa shape index (κ1) is 19.3. The largest absolute Gasteiger partial charge is 0.482 e. The molecule has 0 aromatic heterocycles. The molecule has 0 fully saturated rings. The molecule has 5 nitrogen and oxygen atoms in total. The minimum atomic E-state index is -0.298. The van der Waals surface area contributed by atoms with Crippen LogP contribution in [0.5, 0.6) is 5.75 Å². The number of carbonyl (C=O) groups is 2. The number of halogens is 2. The zero-order chi connectivity index (χ0) is 20.4. The van der Waals surface area contributed by atoms with Crippen molar-refractivity contribution in [1.29, 1.82) is 0 Å². The van der Waals surface area contributed by atoms with Crippen molar-refractivity contribution in [2.24, 2.45) is 0 Å². The van der Waals surface area contributed by atoms with E-state index in [-0.39, 0.29) is 18.4 Å². The molecule has 3 aromatic carbocycles. The number of nitrogens with one attached hydrogen (secondary N) is 1. The van der Waals surface area contributed by atoms with E-state index in [1.54, 1.807) is 35.2 Å². The van der Waals surface area contributed by atoms with Crippen molar-refractivity contribution in [2.75, 3.05) is 16.8 Å². The lowest BCUT2D eigenvalue weighted by Crippen LogP contribution is -2.38. The number of carbonyl (C=O) groups excluding carboxylic acids is 2. The lowest BCUT2D eigenvalue weighted by atomic mass is 10.1. The highest BCUT2D eigenvalue weighted by molar-refractivity contribution is 6.35. The van der Waals surface area contributed by atoms with Gasteiger partial charge >= 0.3 is 0 Å². The van der Waals surface area contributed by atoms with E-state index < -0.39 is 0 Å². The van der Waals surface area contributed by atoms with Gasteiger partial charge in [-0.1, -0.05) is 47.5 Å². The molecule has 1 aliphatic rings. The molecule has 1 N–H and O–H groups in total. The van der Waals surface area contributed by atoms with E-state index in [1.165, 1.54) is 0 Å². The number of amides is 2. The zero-order valence-electron chi connectivity index (χ0n) is 15.2. The Morgan fingerprint density at radius 2 is 1.79 bits per heavy atom. The molecule has 0 unspecified atom stereocenters. The number of ether oxygens (including phenoxy) is 1. The van der Waals surface area contributed by atoms with Crippen LogP contribution in [0.2, 0.25) is 10.0 Å². The Labute approximate surface area is 177 Å². The number of rotatable bonds is 4.